The average molecular weight is 601 g/mol. The van der Waals surface area contributed by atoms with E-state index in [1.54, 1.807) is 6.07 Å². The standard InChI is InChI=1S/C23H22FI2NO/c24-22-13-19(26)8-9-21(22)23(28-20-7-3-6-18(25)12-20)10-11-27-14-16-4-1-2-5-17(16)15-27/h1-4,6-9,12-13,17,23H,5,10-11,14-15H2. The van der Waals surface area contributed by atoms with Gasteiger partial charge in [-0.05, 0) is 87.9 Å². The monoisotopic (exact) mass is 601 g/mol. The van der Waals surface area contributed by atoms with Gasteiger partial charge < -0.3 is 4.74 Å². The molecule has 0 saturated carbocycles. The minimum absolute atomic E-state index is 0.190. The number of hydrogen-bond acceptors (Lipinski definition) is 2. The van der Waals surface area contributed by atoms with Crippen LogP contribution in [0.3, 0.4) is 0 Å². The average Bonchev–Trinajstić information content (AvgIpc) is 3.08. The molecule has 1 aliphatic heterocycles. The second-order valence-corrected chi connectivity index (χ2v) is 9.85. The first-order chi connectivity index (χ1) is 13.6. The van der Waals surface area contributed by atoms with E-state index in [2.05, 4.69) is 68.3 Å². The smallest absolute Gasteiger partial charge is 0.131 e. The lowest BCUT2D eigenvalue weighted by molar-refractivity contribution is 0.167. The molecule has 0 radical (unpaired) electrons. The zero-order chi connectivity index (χ0) is 19.5. The number of rotatable bonds is 6. The number of likely N-dealkylation sites (tertiary alicyclic amines) is 1. The summed E-state index contributed by atoms with van der Waals surface area (Å²) in [5.74, 6) is 1.25. The molecule has 2 unspecified atom stereocenters. The highest BCUT2D eigenvalue weighted by Gasteiger charge is 2.28. The van der Waals surface area contributed by atoms with Crippen LogP contribution in [0.15, 0.2) is 66.3 Å². The molecule has 1 aliphatic carbocycles. The zero-order valence-electron chi connectivity index (χ0n) is 15.5. The minimum atomic E-state index is -0.301. The van der Waals surface area contributed by atoms with Gasteiger partial charge in [-0.1, -0.05) is 35.9 Å². The fourth-order valence-corrected chi connectivity index (χ4v) is 4.91. The Bertz CT molecular complexity index is 911. The van der Waals surface area contributed by atoms with Crippen LogP contribution < -0.4 is 4.74 Å². The fourth-order valence-electron chi connectivity index (χ4n) is 3.95. The van der Waals surface area contributed by atoms with E-state index in [1.807, 2.05) is 36.4 Å². The highest BCUT2D eigenvalue weighted by Crippen LogP contribution is 2.32. The van der Waals surface area contributed by atoms with Crippen molar-refractivity contribution in [2.75, 3.05) is 19.6 Å². The summed E-state index contributed by atoms with van der Waals surface area (Å²) >= 11 is 4.42. The van der Waals surface area contributed by atoms with Gasteiger partial charge in [0.2, 0.25) is 0 Å². The Morgan fingerprint density at radius 3 is 2.79 bits per heavy atom. The Morgan fingerprint density at radius 1 is 1.14 bits per heavy atom. The van der Waals surface area contributed by atoms with Crippen molar-refractivity contribution in [3.05, 3.63) is 84.8 Å². The van der Waals surface area contributed by atoms with Crippen molar-refractivity contribution in [3.8, 4) is 5.75 Å². The molecule has 0 spiro atoms. The molecule has 1 heterocycles. The number of fused-ring (bicyclic) bond motifs is 1. The van der Waals surface area contributed by atoms with Gasteiger partial charge in [0.15, 0.2) is 0 Å². The molecule has 1 saturated heterocycles. The minimum Gasteiger partial charge on any atom is -0.486 e. The predicted molar refractivity (Wildman–Crippen MR) is 128 cm³/mol. The first-order valence-corrected chi connectivity index (χ1v) is 11.7. The van der Waals surface area contributed by atoms with Crippen LogP contribution >= 0.6 is 45.2 Å². The van der Waals surface area contributed by atoms with E-state index in [0.29, 0.717) is 11.5 Å². The molecule has 0 N–H and O–H groups in total. The van der Waals surface area contributed by atoms with Crippen molar-refractivity contribution >= 4 is 45.2 Å². The van der Waals surface area contributed by atoms with Gasteiger partial charge in [-0.2, -0.15) is 0 Å². The van der Waals surface area contributed by atoms with Crippen LogP contribution in [0.5, 0.6) is 5.75 Å². The zero-order valence-corrected chi connectivity index (χ0v) is 19.8. The molecule has 1 fully saturated rings. The molecule has 2 aromatic carbocycles. The van der Waals surface area contributed by atoms with Crippen molar-refractivity contribution < 1.29 is 9.13 Å². The van der Waals surface area contributed by atoms with Gasteiger partial charge in [-0.3, -0.25) is 4.90 Å². The number of benzene rings is 2. The molecular formula is C23H22FI2NO. The number of halogens is 3. The maximum absolute atomic E-state index is 14.7. The van der Waals surface area contributed by atoms with Gasteiger partial charge in [-0.25, -0.2) is 4.39 Å². The van der Waals surface area contributed by atoms with Gasteiger partial charge in [0.1, 0.15) is 17.7 Å². The van der Waals surface area contributed by atoms with E-state index in [4.69, 9.17) is 4.74 Å². The van der Waals surface area contributed by atoms with E-state index in [1.165, 1.54) is 5.57 Å². The predicted octanol–water partition coefficient (Wildman–Crippen LogP) is 6.36. The SMILES string of the molecule is Fc1cc(I)ccc1C(CCN1CC2=CC=CCC2C1)Oc1cccc(I)c1. The van der Waals surface area contributed by atoms with Gasteiger partial charge in [0, 0.05) is 38.8 Å². The normalized spacial score (nSPS) is 20.0. The summed E-state index contributed by atoms with van der Waals surface area (Å²) < 4.78 is 23.0. The molecule has 2 nitrogen and oxygen atoms in total. The third kappa shape index (κ3) is 4.97. The van der Waals surface area contributed by atoms with Crippen LogP contribution in [-0.2, 0) is 0 Å². The summed E-state index contributed by atoms with van der Waals surface area (Å²) in [6.07, 6.45) is 8.27. The van der Waals surface area contributed by atoms with Gasteiger partial charge >= 0.3 is 0 Å². The Labute approximate surface area is 193 Å². The van der Waals surface area contributed by atoms with Crippen molar-refractivity contribution in [1.29, 1.82) is 0 Å². The van der Waals surface area contributed by atoms with Crippen molar-refractivity contribution in [2.24, 2.45) is 5.92 Å². The summed E-state index contributed by atoms with van der Waals surface area (Å²) in [6.45, 7) is 3.00. The second-order valence-electron chi connectivity index (χ2n) is 7.36. The molecule has 2 aliphatic rings. The lowest BCUT2D eigenvalue weighted by Crippen LogP contribution is -2.25. The largest absolute Gasteiger partial charge is 0.486 e. The number of hydrogen-bond donors (Lipinski definition) is 0. The van der Waals surface area contributed by atoms with Crippen molar-refractivity contribution in [1.82, 2.24) is 4.90 Å². The molecule has 2 atom stereocenters. The maximum atomic E-state index is 14.7. The van der Waals surface area contributed by atoms with E-state index < -0.39 is 0 Å². The van der Waals surface area contributed by atoms with Crippen LogP contribution in [0.4, 0.5) is 4.39 Å². The van der Waals surface area contributed by atoms with E-state index in [9.17, 15) is 4.39 Å². The summed E-state index contributed by atoms with van der Waals surface area (Å²) in [5.41, 5.74) is 2.16. The second kappa shape index (κ2) is 9.26. The number of nitrogens with zero attached hydrogens (tertiary/aromatic N) is 1. The molecule has 28 heavy (non-hydrogen) atoms. The summed E-state index contributed by atoms with van der Waals surface area (Å²) in [5, 5.41) is 0. The molecule has 0 amide bonds. The first-order valence-electron chi connectivity index (χ1n) is 9.53. The lowest BCUT2D eigenvalue weighted by Gasteiger charge is -2.23. The van der Waals surface area contributed by atoms with Crippen LogP contribution in [0.25, 0.3) is 0 Å². The third-order valence-electron chi connectivity index (χ3n) is 5.37. The summed E-state index contributed by atoms with van der Waals surface area (Å²) in [7, 11) is 0. The summed E-state index contributed by atoms with van der Waals surface area (Å²) in [6, 6.07) is 13.4. The topological polar surface area (TPSA) is 12.5 Å². The van der Waals surface area contributed by atoms with Gasteiger partial charge in [0.05, 0.1) is 0 Å². The van der Waals surface area contributed by atoms with Crippen LogP contribution in [-0.4, -0.2) is 24.5 Å². The number of allylic oxidation sites excluding steroid dienone is 3. The Kier molecular flexibility index (Phi) is 6.73. The van der Waals surface area contributed by atoms with Gasteiger partial charge in [-0.15, -0.1) is 0 Å². The Morgan fingerprint density at radius 2 is 2.00 bits per heavy atom. The third-order valence-corrected chi connectivity index (χ3v) is 6.71. The molecular weight excluding hydrogens is 579 g/mol. The highest BCUT2D eigenvalue weighted by molar-refractivity contribution is 14.1. The Balaban J connectivity index is 1.49. The summed E-state index contributed by atoms with van der Waals surface area (Å²) in [4.78, 5) is 2.47. The maximum Gasteiger partial charge on any atom is 0.131 e. The van der Waals surface area contributed by atoms with Crippen LogP contribution in [0.1, 0.15) is 24.5 Å². The van der Waals surface area contributed by atoms with Crippen molar-refractivity contribution in [3.63, 3.8) is 0 Å². The quantitative estimate of drug-likeness (QED) is 0.358. The number of ether oxygens (including phenoxy) is 1. The van der Waals surface area contributed by atoms with E-state index in [0.717, 1.165) is 45.4 Å². The first kappa shape index (κ1) is 20.3. The lowest BCUT2D eigenvalue weighted by atomic mass is 9.95. The molecule has 4 rings (SSSR count). The van der Waals surface area contributed by atoms with Crippen LogP contribution in [0.2, 0.25) is 0 Å². The molecule has 0 bridgehead atoms. The Hall–Kier alpha value is -0.930. The molecule has 0 aromatic heterocycles. The highest BCUT2D eigenvalue weighted by atomic mass is 127. The van der Waals surface area contributed by atoms with E-state index in [-0.39, 0.29) is 11.9 Å². The molecule has 146 valence electrons. The van der Waals surface area contributed by atoms with E-state index >= 15 is 0 Å². The van der Waals surface area contributed by atoms with Crippen LogP contribution in [0, 0.1) is 18.9 Å². The molecule has 5 heteroatoms. The molecule has 2 aromatic rings. The van der Waals surface area contributed by atoms with Crippen molar-refractivity contribution in [2.45, 2.75) is 18.9 Å². The fraction of sp³-hybridized carbons (Fsp3) is 0.304. The van der Waals surface area contributed by atoms with Gasteiger partial charge in [0.25, 0.3) is 0 Å².